The van der Waals surface area contributed by atoms with Crippen LogP contribution in [-0.4, -0.2) is 22.5 Å². The van der Waals surface area contributed by atoms with Crippen LogP contribution in [0.3, 0.4) is 0 Å². The molecule has 0 aromatic rings. The van der Waals surface area contributed by atoms with E-state index in [2.05, 4.69) is 41.5 Å². The molecule has 0 aromatic heterocycles. The zero-order valence-corrected chi connectivity index (χ0v) is 8.97. The van der Waals surface area contributed by atoms with Gasteiger partial charge in [-0.1, -0.05) is 35.9 Å². The van der Waals surface area contributed by atoms with Gasteiger partial charge in [0.05, 0.1) is 4.05 Å². The van der Waals surface area contributed by atoms with Gasteiger partial charge in [0.15, 0.2) is 0 Å². The van der Waals surface area contributed by atoms with E-state index in [9.17, 15) is 0 Å². The van der Waals surface area contributed by atoms with Gasteiger partial charge in [-0.05, 0) is 25.8 Å². The highest BCUT2D eigenvalue weighted by molar-refractivity contribution is 14.1. The summed E-state index contributed by atoms with van der Waals surface area (Å²) < 4.78 is 0.800. The molecule has 1 aliphatic rings. The highest BCUT2D eigenvalue weighted by Crippen LogP contribution is 2.28. The first-order chi connectivity index (χ1) is 4.74. The molecule has 0 saturated carbocycles. The molecular weight excluding hydrogens is 237 g/mol. The lowest BCUT2D eigenvalue weighted by Crippen LogP contribution is -2.19. The van der Waals surface area contributed by atoms with E-state index in [1.807, 2.05) is 0 Å². The Bertz CT molecular complexity index is 95.4. The number of halogens is 1. The van der Waals surface area contributed by atoms with E-state index in [4.69, 9.17) is 0 Å². The molecule has 60 valence electrons. The molecule has 0 radical (unpaired) electrons. The summed E-state index contributed by atoms with van der Waals surface area (Å²) in [5.41, 5.74) is 0. The summed E-state index contributed by atoms with van der Waals surface area (Å²) in [5.74, 6) is 0.983. The van der Waals surface area contributed by atoms with Crippen LogP contribution in [0.1, 0.15) is 26.2 Å². The number of rotatable bonds is 2. The van der Waals surface area contributed by atoms with Gasteiger partial charge in [-0.15, -0.1) is 0 Å². The van der Waals surface area contributed by atoms with Crippen LogP contribution < -0.4 is 0 Å². The van der Waals surface area contributed by atoms with E-state index in [-0.39, 0.29) is 0 Å². The predicted molar refractivity (Wildman–Crippen MR) is 53.5 cm³/mol. The number of hydrogen-bond donors (Lipinski definition) is 0. The molecule has 1 unspecified atom stereocenters. The molecule has 2 heteroatoms. The van der Waals surface area contributed by atoms with Crippen LogP contribution in [0.4, 0.5) is 0 Å². The van der Waals surface area contributed by atoms with Crippen LogP contribution in [0.15, 0.2) is 0 Å². The van der Waals surface area contributed by atoms with E-state index in [0.29, 0.717) is 0 Å². The Morgan fingerprint density at radius 3 is 2.70 bits per heavy atom. The molecular formula is C8H16IN. The van der Waals surface area contributed by atoms with Crippen molar-refractivity contribution in [3.63, 3.8) is 0 Å². The Morgan fingerprint density at radius 1 is 1.60 bits per heavy atom. The average molecular weight is 253 g/mol. The second kappa shape index (κ2) is 3.90. The molecule has 2 atom stereocenters. The van der Waals surface area contributed by atoms with Gasteiger partial charge in [0.2, 0.25) is 0 Å². The lowest BCUT2D eigenvalue weighted by Gasteiger charge is -2.10. The third-order valence-corrected chi connectivity index (χ3v) is 3.71. The number of alkyl halides is 1. The molecule has 0 spiro atoms. The van der Waals surface area contributed by atoms with Crippen LogP contribution in [0.25, 0.3) is 0 Å². The summed E-state index contributed by atoms with van der Waals surface area (Å²) in [6, 6.07) is 0. The van der Waals surface area contributed by atoms with Crippen molar-refractivity contribution in [2.24, 2.45) is 5.92 Å². The topological polar surface area (TPSA) is 3.24 Å². The number of nitrogens with zero attached hydrogens (tertiary/aromatic N) is 1. The summed E-state index contributed by atoms with van der Waals surface area (Å²) in [6.45, 7) is 3.60. The maximum Gasteiger partial charge on any atom is 0.0619 e. The number of hydrogen-bond acceptors (Lipinski definition) is 1. The minimum atomic E-state index is 0.800. The second-order valence-corrected chi connectivity index (χ2v) is 4.70. The highest BCUT2D eigenvalue weighted by atomic mass is 127. The Kier molecular flexibility index (Phi) is 3.43. The first kappa shape index (κ1) is 8.78. The van der Waals surface area contributed by atoms with E-state index >= 15 is 0 Å². The summed E-state index contributed by atoms with van der Waals surface area (Å²) >= 11 is 2.54. The van der Waals surface area contributed by atoms with Crippen molar-refractivity contribution in [3.05, 3.63) is 0 Å². The van der Waals surface area contributed by atoms with Gasteiger partial charge in [-0.2, -0.15) is 0 Å². The Balaban J connectivity index is 2.27. The van der Waals surface area contributed by atoms with Crippen molar-refractivity contribution in [1.29, 1.82) is 0 Å². The lowest BCUT2D eigenvalue weighted by atomic mass is 10.0. The predicted octanol–water partition coefficient (Wildman–Crippen LogP) is 2.50. The van der Waals surface area contributed by atoms with Crippen molar-refractivity contribution in [2.75, 3.05) is 13.6 Å². The minimum absolute atomic E-state index is 0.800. The second-order valence-electron chi connectivity index (χ2n) is 3.26. The van der Waals surface area contributed by atoms with Crippen molar-refractivity contribution < 1.29 is 0 Å². The summed E-state index contributed by atoms with van der Waals surface area (Å²) in [5, 5.41) is 0. The Labute approximate surface area is 77.3 Å². The zero-order chi connectivity index (χ0) is 7.56. The molecule has 1 heterocycles. The molecule has 1 nitrogen and oxygen atoms in total. The third-order valence-electron chi connectivity index (χ3n) is 2.25. The van der Waals surface area contributed by atoms with Gasteiger partial charge in [0, 0.05) is 6.54 Å². The fourth-order valence-corrected chi connectivity index (χ4v) is 2.62. The summed E-state index contributed by atoms with van der Waals surface area (Å²) in [6.07, 6.45) is 4.18. The quantitative estimate of drug-likeness (QED) is 0.415. The first-order valence-corrected chi connectivity index (χ1v) is 5.33. The van der Waals surface area contributed by atoms with Crippen LogP contribution in [0.5, 0.6) is 0 Å². The highest BCUT2D eigenvalue weighted by Gasteiger charge is 2.25. The fourth-order valence-electron chi connectivity index (χ4n) is 1.67. The van der Waals surface area contributed by atoms with E-state index in [1.54, 1.807) is 0 Å². The molecule has 0 aliphatic carbocycles. The molecule has 0 amide bonds. The Hall–Kier alpha value is 0.690. The van der Waals surface area contributed by atoms with Gasteiger partial charge in [-0.3, -0.25) is 4.90 Å². The largest absolute Gasteiger partial charge is 0.294 e. The monoisotopic (exact) mass is 253 g/mol. The smallest absolute Gasteiger partial charge is 0.0619 e. The standard InChI is InChI=1S/C8H16IN/c1-3-4-7-5-8(9)10(2)6-7/h7-8H,3-6H2,1-2H3/t7?,8-/m0/s1. The molecule has 0 bridgehead atoms. The molecule has 0 N–H and O–H groups in total. The molecule has 10 heavy (non-hydrogen) atoms. The third kappa shape index (κ3) is 2.09. The molecule has 1 saturated heterocycles. The van der Waals surface area contributed by atoms with Crippen molar-refractivity contribution in [1.82, 2.24) is 4.90 Å². The van der Waals surface area contributed by atoms with E-state index in [1.165, 1.54) is 25.8 Å². The Morgan fingerprint density at radius 2 is 2.30 bits per heavy atom. The van der Waals surface area contributed by atoms with Gasteiger partial charge in [-0.25, -0.2) is 0 Å². The first-order valence-electron chi connectivity index (χ1n) is 4.08. The fraction of sp³-hybridized carbons (Fsp3) is 1.00. The maximum atomic E-state index is 2.54. The van der Waals surface area contributed by atoms with Crippen LogP contribution in [-0.2, 0) is 0 Å². The molecule has 1 aliphatic heterocycles. The zero-order valence-electron chi connectivity index (χ0n) is 6.81. The molecule has 1 fully saturated rings. The normalized spacial score (nSPS) is 35.1. The van der Waals surface area contributed by atoms with E-state index < -0.39 is 0 Å². The van der Waals surface area contributed by atoms with Gasteiger partial charge >= 0.3 is 0 Å². The molecule has 1 rings (SSSR count). The van der Waals surface area contributed by atoms with Crippen LogP contribution in [0.2, 0.25) is 0 Å². The van der Waals surface area contributed by atoms with Crippen LogP contribution >= 0.6 is 22.6 Å². The SMILES string of the molecule is CCCC1C[C@@H](I)N(C)C1. The molecule has 0 aromatic carbocycles. The van der Waals surface area contributed by atoms with Gasteiger partial charge in [0.1, 0.15) is 0 Å². The lowest BCUT2D eigenvalue weighted by molar-refractivity contribution is 0.378. The summed E-state index contributed by atoms with van der Waals surface area (Å²) in [4.78, 5) is 2.46. The van der Waals surface area contributed by atoms with Gasteiger partial charge < -0.3 is 0 Å². The van der Waals surface area contributed by atoms with Gasteiger partial charge in [0.25, 0.3) is 0 Å². The average Bonchev–Trinajstić information content (AvgIpc) is 2.14. The van der Waals surface area contributed by atoms with Crippen molar-refractivity contribution in [3.8, 4) is 0 Å². The van der Waals surface area contributed by atoms with Crippen molar-refractivity contribution in [2.45, 2.75) is 30.2 Å². The van der Waals surface area contributed by atoms with Crippen LogP contribution in [0, 0.1) is 5.92 Å². The number of likely N-dealkylation sites (tertiary alicyclic amines) is 1. The van der Waals surface area contributed by atoms with Crippen molar-refractivity contribution >= 4 is 22.6 Å². The minimum Gasteiger partial charge on any atom is -0.294 e. The maximum absolute atomic E-state index is 2.54. The summed E-state index contributed by atoms with van der Waals surface area (Å²) in [7, 11) is 2.23. The van der Waals surface area contributed by atoms with E-state index in [0.717, 1.165) is 9.97 Å².